The molecule has 0 radical (unpaired) electrons. The molecule has 0 saturated carbocycles. The van der Waals surface area contributed by atoms with E-state index in [4.69, 9.17) is 4.98 Å². The van der Waals surface area contributed by atoms with Crippen LogP contribution in [0, 0.1) is 6.92 Å². The van der Waals surface area contributed by atoms with Crippen LogP contribution in [-0.2, 0) is 15.0 Å². The van der Waals surface area contributed by atoms with Crippen LogP contribution in [-0.4, -0.2) is 59.6 Å². The predicted molar refractivity (Wildman–Crippen MR) is 107 cm³/mol. The van der Waals surface area contributed by atoms with Crippen molar-refractivity contribution in [3.63, 3.8) is 0 Å². The molecule has 7 nitrogen and oxygen atoms in total. The predicted octanol–water partition coefficient (Wildman–Crippen LogP) is 1.95. The third kappa shape index (κ3) is 3.69. The molecular formula is C20H30N4O3S. The Morgan fingerprint density at radius 1 is 1.11 bits per heavy atom. The summed E-state index contributed by atoms with van der Waals surface area (Å²) in [7, 11) is -3.53. The summed E-state index contributed by atoms with van der Waals surface area (Å²) in [5.41, 5.74) is 1.21. The Balaban J connectivity index is 1.69. The van der Waals surface area contributed by atoms with E-state index >= 15 is 0 Å². The van der Waals surface area contributed by atoms with Crippen molar-refractivity contribution < 1.29 is 13.2 Å². The second kappa shape index (κ2) is 7.72. The number of hydrogen-bond acceptors (Lipinski definition) is 4. The van der Waals surface area contributed by atoms with E-state index in [1.54, 1.807) is 8.61 Å². The number of pyridine rings is 1. The van der Waals surface area contributed by atoms with E-state index in [2.05, 4.69) is 5.32 Å². The van der Waals surface area contributed by atoms with E-state index in [9.17, 15) is 13.2 Å². The van der Waals surface area contributed by atoms with E-state index in [1.807, 2.05) is 25.1 Å². The van der Waals surface area contributed by atoms with Gasteiger partial charge in [-0.15, -0.1) is 0 Å². The molecule has 4 heterocycles. The first-order valence-electron chi connectivity index (χ1n) is 10.4. The molecule has 1 spiro atoms. The van der Waals surface area contributed by atoms with Crippen LogP contribution in [0.15, 0.2) is 18.2 Å². The van der Waals surface area contributed by atoms with Gasteiger partial charge in [0.1, 0.15) is 0 Å². The molecule has 3 saturated heterocycles. The lowest BCUT2D eigenvalue weighted by Crippen LogP contribution is -2.54. The van der Waals surface area contributed by atoms with Gasteiger partial charge in [0, 0.05) is 49.9 Å². The van der Waals surface area contributed by atoms with Gasteiger partial charge in [-0.05, 0) is 44.7 Å². The number of hydrogen-bond donors (Lipinski definition) is 1. The minimum Gasteiger partial charge on any atom is -0.349 e. The van der Waals surface area contributed by atoms with Crippen molar-refractivity contribution in [3.05, 3.63) is 29.6 Å². The summed E-state index contributed by atoms with van der Waals surface area (Å²) in [5, 5.41) is 3.22. The average Bonchev–Trinajstić information content (AvgIpc) is 2.95. The Labute approximate surface area is 167 Å². The Kier molecular flexibility index (Phi) is 5.46. The van der Waals surface area contributed by atoms with Crippen molar-refractivity contribution >= 4 is 16.1 Å². The molecule has 1 N–H and O–H groups in total. The molecule has 1 aromatic rings. The number of aryl methyl sites for hydroxylation is 1. The largest absolute Gasteiger partial charge is 0.349 e. The molecule has 2 atom stereocenters. The second-order valence-corrected chi connectivity index (χ2v) is 10.4. The summed E-state index contributed by atoms with van der Waals surface area (Å²) >= 11 is 0. The number of amides is 1. The number of carbonyl (C=O) groups excluding carboxylic acids is 1. The zero-order valence-electron chi connectivity index (χ0n) is 16.6. The van der Waals surface area contributed by atoms with Crippen LogP contribution in [0.25, 0.3) is 0 Å². The summed E-state index contributed by atoms with van der Waals surface area (Å²) < 4.78 is 29.9. The maximum Gasteiger partial charge on any atom is 0.282 e. The van der Waals surface area contributed by atoms with Crippen LogP contribution < -0.4 is 5.32 Å². The molecule has 4 rings (SSSR count). The molecule has 1 aromatic heterocycles. The maximum absolute atomic E-state index is 13.3. The molecule has 0 aromatic carbocycles. The summed E-state index contributed by atoms with van der Waals surface area (Å²) in [5.74, 6) is -0.110. The monoisotopic (exact) mass is 406 g/mol. The first-order chi connectivity index (χ1) is 13.4. The van der Waals surface area contributed by atoms with Crippen molar-refractivity contribution in [3.8, 4) is 0 Å². The SMILES string of the molecule is Cc1cccc([C@@H]2CN(S(=O)(=O)N3CCCCC3)C[C@]23CCCCC(=O)N3)n1. The summed E-state index contributed by atoms with van der Waals surface area (Å²) in [4.78, 5) is 17.1. The number of piperidine rings is 1. The molecule has 154 valence electrons. The number of aromatic nitrogens is 1. The van der Waals surface area contributed by atoms with E-state index in [1.165, 1.54) is 0 Å². The third-order valence-electron chi connectivity index (χ3n) is 6.41. The number of rotatable bonds is 3. The molecule has 0 aliphatic carbocycles. The van der Waals surface area contributed by atoms with Gasteiger partial charge in [-0.1, -0.05) is 18.9 Å². The summed E-state index contributed by atoms with van der Waals surface area (Å²) in [6.07, 6.45) is 5.97. The summed E-state index contributed by atoms with van der Waals surface area (Å²) in [6.45, 7) is 3.82. The van der Waals surface area contributed by atoms with Crippen molar-refractivity contribution in [1.29, 1.82) is 0 Å². The lowest BCUT2D eigenvalue weighted by Gasteiger charge is -2.35. The van der Waals surface area contributed by atoms with Gasteiger partial charge < -0.3 is 5.32 Å². The molecule has 3 fully saturated rings. The van der Waals surface area contributed by atoms with E-state index in [0.29, 0.717) is 32.6 Å². The molecule has 8 heteroatoms. The van der Waals surface area contributed by atoms with Crippen LogP contribution in [0.4, 0.5) is 0 Å². The number of nitrogens with zero attached hydrogens (tertiary/aromatic N) is 3. The smallest absolute Gasteiger partial charge is 0.282 e. The number of nitrogens with one attached hydrogen (secondary N) is 1. The first kappa shape index (κ1) is 19.8. The second-order valence-electron chi connectivity index (χ2n) is 8.43. The molecule has 3 aliphatic rings. The lowest BCUT2D eigenvalue weighted by atomic mass is 9.81. The lowest BCUT2D eigenvalue weighted by molar-refractivity contribution is -0.122. The van der Waals surface area contributed by atoms with Gasteiger partial charge in [0.2, 0.25) is 5.91 Å². The Morgan fingerprint density at radius 2 is 1.89 bits per heavy atom. The molecule has 0 bridgehead atoms. The van der Waals surface area contributed by atoms with E-state index < -0.39 is 15.7 Å². The fourth-order valence-corrected chi connectivity index (χ4v) is 6.72. The standard InChI is InChI=1S/C20H30N4O3S/c1-16-8-7-9-18(21-16)17-14-24(28(26,27)23-12-5-2-6-13-23)15-20(17)11-4-3-10-19(25)22-20/h7-9,17H,2-6,10-15H2,1H3,(H,22,25)/t17-,20+/m0/s1. The van der Waals surface area contributed by atoms with Gasteiger partial charge in [-0.2, -0.15) is 17.0 Å². The van der Waals surface area contributed by atoms with Crippen molar-refractivity contribution in [2.45, 2.75) is 63.3 Å². The minimum atomic E-state index is -3.53. The van der Waals surface area contributed by atoms with Crippen LogP contribution in [0.5, 0.6) is 0 Å². The van der Waals surface area contributed by atoms with Crippen molar-refractivity contribution in [1.82, 2.24) is 18.9 Å². The zero-order chi connectivity index (χ0) is 19.8. The van der Waals surface area contributed by atoms with Crippen molar-refractivity contribution in [2.24, 2.45) is 0 Å². The average molecular weight is 407 g/mol. The molecule has 0 unspecified atom stereocenters. The van der Waals surface area contributed by atoms with E-state index in [-0.39, 0.29) is 11.8 Å². The topological polar surface area (TPSA) is 82.6 Å². The van der Waals surface area contributed by atoms with Crippen molar-refractivity contribution in [2.75, 3.05) is 26.2 Å². The maximum atomic E-state index is 13.3. The van der Waals surface area contributed by atoms with Gasteiger partial charge in [-0.25, -0.2) is 0 Å². The third-order valence-corrected chi connectivity index (χ3v) is 8.36. The first-order valence-corrected chi connectivity index (χ1v) is 11.8. The molecule has 3 aliphatic heterocycles. The highest BCUT2D eigenvalue weighted by Gasteiger charge is 2.53. The highest BCUT2D eigenvalue weighted by molar-refractivity contribution is 7.86. The molecule has 28 heavy (non-hydrogen) atoms. The highest BCUT2D eigenvalue weighted by atomic mass is 32.2. The van der Waals surface area contributed by atoms with Crippen LogP contribution in [0.1, 0.15) is 62.3 Å². The Bertz CT molecular complexity index is 838. The fraction of sp³-hybridized carbons (Fsp3) is 0.700. The molecular weight excluding hydrogens is 376 g/mol. The van der Waals surface area contributed by atoms with Crippen LogP contribution in [0.2, 0.25) is 0 Å². The zero-order valence-corrected chi connectivity index (χ0v) is 17.4. The minimum absolute atomic E-state index is 0.0207. The van der Waals surface area contributed by atoms with Crippen LogP contribution >= 0.6 is 0 Å². The van der Waals surface area contributed by atoms with Crippen LogP contribution in [0.3, 0.4) is 0 Å². The normalized spacial score (nSPS) is 30.3. The van der Waals surface area contributed by atoms with Gasteiger partial charge in [0.05, 0.1) is 5.54 Å². The van der Waals surface area contributed by atoms with Gasteiger partial charge in [0.25, 0.3) is 10.2 Å². The Morgan fingerprint density at radius 3 is 2.64 bits per heavy atom. The highest BCUT2D eigenvalue weighted by Crippen LogP contribution is 2.42. The molecule has 1 amide bonds. The summed E-state index contributed by atoms with van der Waals surface area (Å²) in [6, 6.07) is 5.87. The fourth-order valence-electron chi connectivity index (χ4n) is 4.95. The van der Waals surface area contributed by atoms with Gasteiger partial charge in [0.15, 0.2) is 0 Å². The Hall–Kier alpha value is -1.51. The quantitative estimate of drug-likeness (QED) is 0.832. The number of carbonyl (C=O) groups is 1. The van der Waals surface area contributed by atoms with Gasteiger partial charge in [-0.3, -0.25) is 9.78 Å². The van der Waals surface area contributed by atoms with E-state index in [0.717, 1.165) is 49.9 Å². The van der Waals surface area contributed by atoms with Gasteiger partial charge >= 0.3 is 0 Å².